The maximum Gasteiger partial charge on any atom is 0.254 e. The van der Waals surface area contributed by atoms with Gasteiger partial charge in [0.25, 0.3) is 5.91 Å². The molecule has 0 unspecified atom stereocenters. The highest BCUT2D eigenvalue weighted by molar-refractivity contribution is 7.10. The Bertz CT molecular complexity index is 1220. The summed E-state index contributed by atoms with van der Waals surface area (Å²) < 4.78 is 19.5. The molecular weight excluding hydrogens is 487 g/mol. The fourth-order valence-corrected chi connectivity index (χ4v) is 5.34. The summed E-state index contributed by atoms with van der Waals surface area (Å²) in [7, 11) is 0. The minimum absolute atomic E-state index is 0.0786. The third-order valence-corrected chi connectivity index (χ3v) is 7.27. The molecule has 35 heavy (non-hydrogen) atoms. The van der Waals surface area contributed by atoms with E-state index < -0.39 is 5.54 Å². The van der Waals surface area contributed by atoms with Crippen LogP contribution >= 0.6 is 22.9 Å². The average Bonchev–Trinajstić information content (AvgIpc) is 3.29. The van der Waals surface area contributed by atoms with E-state index in [1.807, 2.05) is 32.2 Å². The second-order valence-electron chi connectivity index (χ2n) is 9.49. The molecule has 0 bridgehead atoms. The first-order chi connectivity index (χ1) is 16.6. The summed E-state index contributed by atoms with van der Waals surface area (Å²) in [5.41, 5.74) is 0.880. The first-order valence-electron chi connectivity index (χ1n) is 11.4. The predicted molar refractivity (Wildman–Crippen MR) is 137 cm³/mol. The Hall–Kier alpha value is -2.90. The molecule has 2 heterocycles. The van der Waals surface area contributed by atoms with Gasteiger partial charge in [-0.25, -0.2) is 4.39 Å². The van der Waals surface area contributed by atoms with Crippen molar-refractivity contribution in [3.63, 3.8) is 0 Å². The Labute approximate surface area is 214 Å². The van der Waals surface area contributed by atoms with Crippen LogP contribution in [0.5, 0.6) is 5.75 Å². The number of rotatable bonds is 6. The van der Waals surface area contributed by atoms with Gasteiger partial charge in [0, 0.05) is 33.6 Å². The quantitative estimate of drug-likeness (QED) is 0.406. The van der Waals surface area contributed by atoms with Gasteiger partial charge in [0.1, 0.15) is 24.7 Å². The lowest BCUT2D eigenvalue weighted by Crippen LogP contribution is -2.53. The molecule has 1 aliphatic rings. The van der Waals surface area contributed by atoms with Gasteiger partial charge in [0.05, 0.1) is 6.04 Å². The second kappa shape index (κ2) is 10.4. The maximum absolute atomic E-state index is 13.7. The fraction of sp³-hybridized carbons (Fsp3) is 0.333. The summed E-state index contributed by atoms with van der Waals surface area (Å²) in [6.07, 6.45) is 0.743. The lowest BCUT2D eigenvalue weighted by molar-refractivity contribution is -0.136. The summed E-state index contributed by atoms with van der Waals surface area (Å²) in [6, 6.07) is 14.4. The average molecular weight is 515 g/mol. The predicted octanol–water partition coefficient (Wildman–Crippen LogP) is 5.99. The molecule has 1 atom stereocenters. The minimum Gasteiger partial charge on any atom is -0.491 e. The Morgan fingerprint density at radius 3 is 2.66 bits per heavy atom. The molecule has 2 aromatic carbocycles. The van der Waals surface area contributed by atoms with E-state index in [4.69, 9.17) is 16.3 Å². The van der Waals surface area contributed by atoms with Gasteiger partial charge in [-0.15, -0.1) is 11.3 Å². The molecule has 0 saturated heterocycles. The van der Waals surface area contributed by atoms with Crippen molar-refractivity contribution >= 4 is 34.8 Å². The molecule has 4 rings (SSSR count). The third-order valence-electron chi connectivity index (χ3n) is 6.04. The molecule has 1 aromatic heterocycles. The van der Waals surface area contributed by atoms with Gasteiger partial charge in [-0.1, -0.05) is 23.7 Å². The highest BCUT2D eigenvalue weighted by atomic mass is 35.5. The van der Waals surface area contributed by atoms with Crippen molar-refractivity contribution in [3.05, 3.63) is 86.8 Å². The van der Waals surface area contributed by atoms with Crippen LogP contribution in [-0.2, 0) is 11.2 Å². The van der Waals surface area contributed by atoms with Crippen molar-refractivity contribution in [1.82, 2.24) is 9.80 Å². The standard InChI is InChI=1S/C27H28ClFN2O3S/c1-27(2,3)31(26(33)18-6-4-7-19(28)14-18)16-25(32)30-12-10-24-22(11-13-35-24)23(30)17-34-21-9-5-8-20(29)15-21/h4-9,11,13-15,23H,10,12,16-17H2,1-3H3/t23-/m0/s1. The Balaban J connectivity index is 1.57. The van der Waals surface area contributed by atoms with Gasteiger partial charge in [-0.3, -0.25) is 9.59 Å². The van der Waals surface area contributed by atoms with E-state index >= 15 is 0 Å². The van der Waals surface area contributed by atoms with Crippen LogP contribution in [0.4, 0.5) is 4.39 Å². The Kier molecular flexibility index (Phi) is 7.47. The number of benzene rings is 2. The van der Waals surface area contributed by atoms with Crippen LogP contribution in [0.25, 0.3) is 0 Å². The number of nitrogens with zero attached hydrogens (tertiary/aromatic N) is 2. The van der Waals surface area contributed by atoms with Crippen LogP contribution in [0.15, 0.2) is 60.0 Å². The van der Waals surface area contributed by atoms with Crippen LogP contribution in [0, 0.1) is 5.82 Å². The zero-order valence-electron chi connectivity index (χ0n) is 20.0. The van der Waals surface area contributed by atoms with Gasteiger partial charge in [-0.05, 0) is 74.5 Å². The summed E-state index contributed by atoms with van der Waals surface area (Å²) in [5, 5.41) is 2.48. The molecule has 0 radical (unpaired) electrons. The van der Waals surface area contributed by atoms with Crippen molar-refractivity contribution in [2.45, 2.75) is 38.8 Å². The van der Waals surface area contributed by atoms with E-state index in [0.717, 1.165) is 12.0 Å². The summed E-state index contributed by atoms with van der Waals surface area (Å²) in [6.45, 7) is 6.34. The molecule has 0 aliphatic carbocycles. The SMILES string of the molecule is CC(C)(C)N(CC(=O)N1CCc2sccc2[C@@H]1COc1cccc(F)c1)C(=O)c1cccc(Cl)c1. The number of thiophene rings is 1. The number of amides is 2. The second-order valence-corrected chi connectivity index (χ2v) is 10.9. The fourth-order valence-electron chi connectivity index (χ4n) is 4.22. The molecule has 8 heteroatoms. The topological polar surface area (TPSA) is 49.9 Å². The number of carbonyl (C=O) groups excluding carboxylic acids is 2. The maximum atomic E-state index is 13.7. The highest BCUT2D eigenvalue weighted by Gasteiger charge is 2.36. The van der Waals surface area contributed by atoms with E-state index in [0.29, 0.717) is 22.9 Å². The van der Waals surface area contributed by atoms with Crippen LogP contribution < -0.4 is 4.74 Å². The zero-order valence-corrected chi connectivity index (χ0v) is 21.5. The Morgan fingerprint density at radius 2 is 1.94 bits per heavy atom. The van der Waals surface area contributed by atoms with Crippen LogP contribution in [-0.4, -0.2) is 46.8 Å². The molecule has 5 nitrogen and oxygen atoms in total. The van der Waals surface area contributed by atoms with Gasteiger partial charge in [0.15, 0.2) is 0 Å². The molecular formula is C27H28ClFN2O3S. The van der Waals surface area contributed by atoms with Crippen molar-refractivity contribution in [1.29, 1.82) is 0 Å². The molecule has 0 N–H and O–H groups in total. The van der Waals surface area contributed by atoms with Crippen LogP contribution in [0.1, 0.15) is 47.6 Å². The van der Waals surface area contributed by atoms with Gasteiger partial charge in [-0.2, -0.15) is 0 Å². The van der Waals surface area contributed by atoms with E-state index in [2.05, 4.69) is 0 Å². The number of carbonyl (C=O) groups is 2. The molecule has 2 amide bonds. The van der Waals surface area contributed by atoms with Crippen molar-refractivity contribution in [2.24, 2.45) is 0 Å². The number of ether oxygens (including phenoxy) is 1. The highest BCUT2D eigenvalue weighted by Crippen LogP contribution is 2.34. The smallest absolute Gasteiger partial charge is 0.254 e. The lowest BCUT2D eigenvalue weighted by Gasteiger charge is -2.40. The first-order valence-corrected chi connectivity index (χ1v) is 12.7. The van der Waals surface area contributed by atoms with E-state index in [-0.39, 0.29) is 36.8 Å². The van der Waals surface area contributed by atoms with Crippen LogP contribution in [0.2, 0.25) is 5.02 Å². The van der Waals surface area contributed by atoms with Crippen molar-refractivity contribution in [2.75, 3.05) is 19.7 Å². The number of halogens is 2. The monoisotopic (exact) mass is 514 g/mol. The zero-order chi connectivity index (χ0) is 25.2. The number of hydrogen-bond acceptors (Lipinski definition) is 4. The molecule has 3 aromatic rings. The van der Waals surface area contributed by atoms with E-state index in [9.17, 15) is 14.0 Å². The molecule has 184 valence electrons. The molecule has 1 aliphatic heterocycles. The van der Waals surface area contributed by atoms with E-state index in [1.54, 1.807) is 57.5 Å². The summed E-state index contributed by atoms with van der Waals surface area (Å²) in [5.74, 6) is -0.392. The van der Waals surface area contributed by atoms with Gasteiger partial charge < -0.3 is 14.5 Å². The van der Waals surface area contributed by atoms with E-state index in [1.165, 1.54) is 17.0 Å². The number of hydrogen-bond donors (Lipinski definition) is 0. The minimum atomic E-state index is -0.591. The largest absolute Gasteiger partial charge is 0.491 e. The normalized spacial score (nSPS) is 15.5. The third kappa shape index (κ3) is 5.85. The summed E-state index contributed by atoms with van der Waals surface area (Å²) in [4.78, 5) is 31.6. The summed E-state index contributed by atoms with van der Waals surface area (Å²) >= 11 is 7.76. The van der Waals surface area contributed by atoms with Crippen molar-refractivity contribution in [3.8, 4) is 5.75 Å². The Morgan fingerprint density at radius 1 is 1.17 bits per heavy atom. The van der Waals surface area contributed by atoms with Gasteiger partial charge >= 0.3 is 0 Å². The molecule has 0 fully saturated rings. The first kappa shape index (κ1) is 25.2. The number of fused-ring (bicyclic) bond motifs is 1. The lowest BCUT2D eigenvalue weighted by atomic mass is 9.99. The van der Waals surface area contributed by atoms with Gasteiger partial charge in [0.2, 0.25) is 5.91 Å². The molecule has 0 spiro atoms. The molecule has 0 saturated carbocycles. The van der Waals surface area contributed by atoms with Crippen LogP contribution in [0.3, 0.4) is 0 Å². The van der Waals surface area contributed by atoms with Crippen molar-refractivity contribution < 1.29 is 18.7 Å².